The van der Waals surface area contributed by atoms with Crippen molar-refractivity contribution in [3.63, 3.8) is 0 Å². The SMILES string of the molecule is Cc1cccc(CC(=O)Nc2ccc(NC3CCCCC3)nc2)c1. The fourth-order valence-electron chi connectivity index (χ4n) is 3.22. The van der Waals surface area contributed by atoms with Crippen LogP contribution in [-0.4, -0.2) is 16.9 Å². The minimum Gasteiger partial charge on any atom is -0.367 e. The molecule has 3 rings (SSSR count). The molecule has 126 valence electrons. The van der Waals surface area contributed by atoms with Gasteiger partial charge >= 0.3 is 0 Å². The lowest BCUT2D eigenvalue weighted by molar-refractivity contribution is -0.115. The van der Waals surface area contributed by atoms with E-state index in [1.807, 2.05) is 43.3 Å². The number of hydrogen-bond acceptors (Lipinski definition) is 3. The van der Waals surface area contributed by atoms with E-state index in [0.717, 1.165) is 17.1 Å². The van der Waals surface area contributed by atoms with Crippen molar-refractivity contribution in [2.75, 3.05) is 10.6 Å². The van der Waals surface area contributed by atoms with Crippen LogP contribution in [0.4, 0.5) is 11.5 Å². The Morgan fingerprint density at radius 2 is 2.00 bits per heavy atom. The molecule has 1 saturated carbocycles. The van der Waals surface area contributed by atoms with Gasteiger partial charge in [0.1, 0.15) is 5.82 Å². The number of carbonyl (C=O) groups is 1. The Kier molecular flexibility index (Phi) is 5.47. The van der Waals surface area contributed by atoms with Crippen LogP contribution in [0.2, 0.25) is 0 Å². The molecule has 1 aromatic heterocycles. The standard InChI is InChI=1S/C20H25N3O/c1-15-6-5-7-16(12-15)13-20(24)23-18-10-11-19(21-14-18)22-17-8-3-2-4-9-17/h5-7,10-12,14,17H,2-4,8-9,13H2,1H3,(H,21,22)(H,23,24). The first-order valence-electron chi connectivity index (χ1n) is 8.77. The Balaban J connectivity index is 1.52. The average Bonchev–Trinajstić information content (AvgIpc) is 2.57. The lowest BCUT2D eigenvalue weighted by Gasteiger charge is -2.23. The summed E-state index contributed by atoms with van der Waals surface area (Å²) >= 11 is 0. The number of rotatable bonds is 5. The van der Waals surface area contributed by atoms with Crippen molar-refractivity contribution in [2.45, 2.75) is 51.5 Å². The molecule has 0 unspecified atom stereocenters. The van der Waals surface area contributed by atoms with E-state index < -0.39 is 0 Å². The van der Waals surface area contributed by atoms with Gasteiger partial charge in [-0.25, -0.2) is 4.98 Å². The molecule has 24 heavy (non-hydrogen) atoms. The molecule has 1 aliphatic rings. The summed E-state index contributed by atoms with van der Waals surface area (Å²) < 4.78 is 0. The fourth-order valence-corrected chi connectivity index (χ4v) is 3.22. The molecule has 0 bridgehead atoms. The molecule has 1 aromatic carbocycles. The molecule has 4 nitrogen and oxygen atoms in total. The summed E-state index contributed by atoms with van der Waals surface area (Å²) in [5.41, 5.74) is 2.93. The van der Waals surface area contributed by atoms with Crippen molar-refractivity contribution in [3.8, 4) is 0 Å². The number of carbonyl (C=O) groups excluding carboxylic acids is 1. The van der Waals surface area contributed by atoms with Gasteiger partial charge in [-0.1, -0.05) is 49.1 Å². The second-order valence-electron chi connectivity index (χ2n) is 6.63. The van der Waals surface area contributed by atoms with Crippen molar-refractivity contribution >= 4 is 17.4 Å². The van der Waals surface area contributed by atoms with Crippen molar-refractivity contribution in [2.24, 2.45) is 0 Å². The molecule has 1 aliphatic carbocycles. The molecule has 2 aromatic rings. The number of hydrogen-bond donors (Lipinski definition) is 2. The summed E-state index contributed by atoms with van der Waals surface area (Å²) in [6.45, 7) is 2.03. The molecular weight excluding hydrogens is 298 g/mol. The minimum absolute atomic E-state index is 0.0182. The van der Waals surface area contributed by atoms with Crippen LogP contribution in [0, 0.1) is 6.92 Å². The Labute approximate surface area is 143 Å². The highest BCUT2D eigenvalue weighted by molar-refractivity contribution is 5.92. The van der Waals surface area contributed by atoms with Gasteiger partial charge in [-0.05, 0) is 37.5 Å². The van der Waals surface area contributed by atoms with Crippen LogP contribution in [0.25, 0.3) is 0 Å². The molecule has 1 heterocycles. The molecule has 0 spiro atoms. The van der Waals surface area contributed by atoms with E-state index >= 15 is 0 Å². The topological polar surface area (TPSA) is 54.0 Å². The van der Waals surface area contributed by atoms with Crippen LogP contribution in [0.15, 0.2) is 42.6 Å². The molecule has 0 radical (unpaired) electrons. The number of anilines is 2. The normalized spacial score (nSPS) is 15.0. The van der Waals surface area contributed by atoms with Gasteiger partial charge in [0.15, 0.2) is 0 Å². The number of benzene rings is 1. The third kappa shape index (κ3) is 4.82. The molecule has 1 fully saturated rings. The molecule has 0 saturated heterocycles. The second-order valence-corrected chi connectivity index (χ2v) is 6.63. The first-order chi connectivity index (χ1) is 11.7. The van der Waals surface area contributed by atoms with Gasteiger partial charge in [0.25, 0.3) is 0 Å². The maximum absolute atomic E-state index is 12.1. The fraction of sp³-hybridized carbons (Fsp3) is 0.400. The van der Waals surface area contributed by atoms with Crippen LogP contribution in [0.5, 0.6) is 0 Å². The van der Waals surface area contributed by atoms with E-state index in [-0.39, 0.29) is 5.91 Å². The summed E-state index contributed by atoms with van der Waals surface area (Å²) in [6, 6.07) is 12.4. The van der Waals surface area contributed by atoms with Gasteiger partial charge < -0.3 is 10.6 Å². The van der Waals surface area contributed by atoms with Gasteiger partial charge in [-0.2, -0.15) is 0 Å². The monoisotopic (exact) mass is 323 g/mol. The van der Waals surface area contributed by atoms with Gasteiger partial charge in [0.2, 0.25) is 5.91 Å². The number of nitrogens with one attached hydrogen (secondary N) is 2. The highest BCUT2D eigenvalue weighted by Gasteiger charge is 2.13. The highest BCUT2D eigenvalue weighted by atomic mass is 16.1. The number of pyridine rings is 1. The number of nitrogens with zero attached hydrogens (tertiary/aromatic N) is 1. The van der Waals surface area contributed by atoms with Crippen LogP contribution >= 0.6 is 0 Å². The van der Waals surface area contributed by atoms with Gasteiger partial charge in [-0.3, -0.25) is 4.79 Å². The number of amides is 1. The molecule has 0 aliphatic heterocycles. The Hall–Kier alpha value is -2.36. The lowest BCUT2D eigenvalue weighted by Crippen LogP contribution is -2.22. The van der Waals surface area contributed by atoms with Gasteiger partial charge in [0, 0.05) is 6.04 Å². The Bertz CT molecular complexity index is 676. The van der Waals surface area contributed by atoms with Crippen molar-refractivity contribution in [1.82, 2.24) is 4.98 Å². The maximum Gasteiger partial charge on any atom is 0.228 e. The van der Waals surface area contributed by atoms with Crippen molar-refractivity contribution < 1.29 is 4.79 Å². The second kappa shape index (κ2) is 7.95. The summed E-state index contributed by atoms with van der Waals surface area (Å²) in [7, 11) is 0. The number of aromatic nitrogens is 1. The van der Waals surface area contributed by atoms with Gasteiger partial charge in [0.05, 0.1) is 18.3 Å². The van der Waals surface area contributed by atoms with Crippen molar-refractivity contribution in [3.05, 3.63) is 53.7 Å². The summed E-state index contributed by atoms with van der Waals surface area (Å²) in [5, 5.41) is 6.40. The highest BCUT2D eigenvalue weighted by Crippen LogP contribution is 2.21. The van der Waals surface area contributed by atoms with Gasteiger partial charge in [-0.15, -0.1) is 0 Å². The minimum atomic E-state index is -0.0182. The molecule has 2 N–H and O–H groups in total. The summed E-state index contributed by atoms with van der Waals surface area (Å²) in [6.07, 6.45) is 8.48. The summed E-state index contributed by atoms with van der Waals surface area (Å²) in [5.74, 6) is 0.869. The third-order valence-electron chi connectivity index (χ3n) is 4.45. The van der Waals surface area contributed by atoms with Crippen molar-refractivity contribution in [1.29, 1.82) is 0 Å². The quantitative estimate of drug-likeness (QED) is 0.862. The Morgan fingerprint density at radius 1 is 1.17 bits per heavy atom. The van der Waals surface area contributed by atoms with E-state index in [1.165, 1.54) is 37.7 Å². The zero-order valence-electron chi connectivity index (χ0n) is 14.2. The van der Waals surface area contributed by atoms with E-state index in [0.29, 0.717) is 12.5 Å². The third-order valence-corrected chi connectivity index (χ3v) is 4.45. The smallest absolute Gasteiger partial charge is 0.228 e. The zero-order valence-corrected chi connectivity index (χ0v) is 14.2. The van der Waals surface area contributed by atoms with Crippen LogP contribution in [0.3, 0.4) is 0 Å². The predicted octanol–water partition coefficient (Wildman–Crippen LogP) is 4.32. The average molecular weight is 323 g/mol. The molecule has 0 atom stereocenters. The predicted molar refractivity (Wildman–Crippen MR) is 98.2 cm³/mol. The zero-order chi connectivity index (χ0) is 16.8. The maximum atomic E-state index is 12.1. The Morgan fingerprint density at radius 3 is 2.71 bits per heavy atom. The lowest BCUT2D eigenvalue weighted by atomic mass is 9.95. The van der Waals surface area contributed by atoms with Crippen LogP contribution in [0.1, 0.15) is 43.2 Å². The van der Waals surface area contributed by atoms with E-state index in [1.54, 1.807) is 6.20 Å². The molecular formula is C20H25N3O. The van der Waals surface area contributed by atoms with E-state index in [4.69, 9.17) is 0 Å². The number of aryl methyl sites for hydroxylation is 1. The largest absolute Gasteiger partial charge is 0.367 e. The molecule has 4 heteroatoms. The van der Waals surface area contributed by atoms with E-state index in [9.17, 15) is 4.79 Å². The molecule has 1 amide bonds. The first kappa shape index (κ1) is 16.5. The van der Waals surface area contributed by atoms with Crippen LogP contribution in [-0.2, 0) is 11.2 Å². The summed E-state index contributed by atoms with van der Waals surface area (Å²) in [4.78, 5) is 16.6. The van der Waals surface area contributed by atoms with Crippen LogP contribution < -0.4 is 10.6 Å². The van der Waals surface area contributed by atoms with E-state index in [2.05, 4.69) is 15.6 Å². The first-order valence-corrected chi connectivity index (χ1v) is 8.77.